The molecule has 2 heterocycles. The Morgan fingerprint density at radius 3 is 2.94 bits per heavy atom. The van der Waals surface area contributed by atoms with Gasteiger partial charge in [0.1, 0.15) is 12.2 Å². The predicted octanol–water partition coefficient (Wildman–Crippen LogP) is 1.73. The topological polar surface area (TPSA) is 105 Å². The summed E-state index contributed by atoms with van der Waals surface area (Å²) in [7, 11) is 1.74. The second-order valence-electron chi connectivity index (χ2n) is 7.19. The maximum atomic E-state index is 12.4. The van der Waals surface area contributed by atoms with E-state index < -0.39 is 0 Å². The van der Waals surface area contributed by atoms with Gasteiger partial charge in [0.05, 0.1) is 6.10 Å². The molecule has 9 nitrogen and oxygen atoms in total. The number of halogens is 1. The molecule has 31 heavy (non-hydrogen) atoms. The van der Waals surface area contributed by atoms with Gasteiger partial charge in [0.15, 0.2) is 5.96 Å². The van der Waals surface area contributed by atoms with Gasteiger partial charge in [-0.2, -0.15) is 0 Å². The van der Waals surface area contributed by atoms with E-state index in [-0.39, 0.29) is 36.0 Å². The fraction of sp³-hybridized carbons (Fsp3) is 0.524. The number of aliphatic imine (C=N–C) groups is 1. The lowest BCUT2D eigenvalue weighted by Crippen LogP contribution is -2.38. The maximum Gasteiger partial charge on any atom is 0.251 e. The molecule has 170 valence electrons. The second kappa shape index (κ2) is 13.3. The van der Waals surface area contributed by atoms with E-state index in [1.807, 2.05) is 28.8 Å². The molecule has 0 radical (unpaired) electrons. The van der Waals surface area contributed by atoms with E-state index in [0.29, 0.717) is 31.2 Å². The van der Waals surface area contributed by atoms with Gasteiger partial charge in [0.2, 0.25) is 0 Å². The summed E-state index contributed by atoms with van der Waals surface area (Å²) in [5.74, 6) is 1.60. The Kier molecular flexibility index (Phi) is 10.7. The third kappa shape index (κ3) is 7.76. The van der Waals surface area contributed by atoms with Crippen molar-refractivity contribution in [3.05, 3.63) is 47.5 Å². The number of nitrogens with zero attached hydrogens (tertiary/aromatic N) is 4. The average Bonchev–Trinajstić information content (AvgIpc) is 3.46. The first kappa shape index (κ1) is 25.1. The average molecular weight is 541 g/mol. The summed E-state index contributed by atoms with van der Waals surface area (Å²) < 4.78 is 7.58. The van der Waals surface area contributed by atoms with Crippen LogP contribution in [-0.2, 0) is 24.2 Å². The Bertz CT molecular complexity index is 850. The van der Waals surface area contributed by atoms with Crippen LogP contribution in [0, 0.1) is 0 Å². The highest BCUT2D eigenvalue weighted by Crippen LogP contribution is 2.11. The van der Waals surface area contributed by atoms with Crippen LogP contribution in [0.4, 0.5) is 0 Å². The number of carbonyl (C=O) groups excluding carboxylic acids is 1. The fourth-order valence-corrected chi connectivity index (χ4v) is 3.38. The molecule has 0 saturated carbocycles. The molecule has 1 saturated heterocycles. The van der Waals surface area contributed by atoms with Crippen molar-refractivity contribution in [1.82, 2.24) is 30.7 Å². The quantitative estimate of drug-likeness (QED) is 0.254. The molecule has 0 spiro atoms. The largest absolute Gasteiger partial charge is 0.376 e. The Morgan fingerprint density at radius 1 is 1.32 bits per heavy atom. The first-order valence-corrected chi connectivity index (χ1v) is 10.5. The minimum atomic E-state index is -0.0736. The summed E-state index contributed by atoms with van der Waals surface area (Å²) >= 11 is 0. The number of ether oxygens (including phenoxy) is 1. The zero-order valence-corrected chi connectivity index (χ0v) is 20.5. The number of aromatic nitrogens is 3. The summed E-state index contributed by atoms with van der Waals surface area (Å²) in [6.07, 6.45) is 4.81. The van der Waals surface area contributed by atoms with Crippen LogP contribution in [-0.4, -0.2) is 59.5 Å². The Morgan fingerprint density at radius 2 is 2.19 bits per heavy atom. The van der Waals surface area contributed by atoms with Crippen molar-refractivity contribution >= 4 is 35.8 Å². The predicted molar refractivity (Wildman–Crippen MR) is 131 cm³/mol. The zero-order valence-electron chi connectivity index (χ0n) is 18.1. The third-order valence-electron chi connectivity index (χ3n) is 5.04. The van der Waals surface area contributed by atoms with Crippen molar-refractivity contribution in [2.24, 2.45) is 4.99 Å². The van der Waals surface area contributed by atoms with E-state index in [1.165, 1.54) is 0 Å². The van der Waals surface area contributed by atoms with Gasteiger partial charge in [0.25, 0.3) is 5.91 Å². The molecule has 1 aliphatic rings. The highest BCUT2D eigenvalue weighted by atomic mass is 127. The number of guanidine groups is 1. The van der Waals surface area contributed by atoms with Crippen molar-refractivity contribution in [3.8, 4) is 0 Å². The molecule has 1 amide bonds. The summed E-state index contributed by atoms with van der Waals surface area (Å²) in [4.78, 5) is 16.7. The van der Waals surface area contributed by atoms with Gasteiger partial charge >= 0.3 is 0 Å². The van der Waals surface area contributed by atoms with Crippen LogP contribution in [0.15, 0.2) is 35.6 Å². The molecule has 1 atom stereocenters. The lowest BCUT2D eigenvalue weighted by Gasteiger charge is -2.14. The van der Waals surface area contributed by atoms with E-state index >= 15 is 0 Å². The molecule has 3 rings (SSSR count). The summed E-state index contributed by atoms with van der Waals surface area (Å²) in [5, 5.41) is 17.6. The molecule has 3 N–H and O–H groups in total. The van der Waals surface area contributed by atoms with E-state index in [0.717, 1.165) is 43.8 Å². The number of benzene rings is 1. The highest BCUT2D eigenvalue weighted by molar-refractivity contribution is 14.0. The van der Waals surface area contributed by atoms with Gasteiger partial charge < -0.3 is 25.3 Å². The Balaban J connectivity index is 0.00000341. The maximum absolute atomic E-state index is 12.4. The molecule has 1 aliphatic heterocycles. The van der Waals surface area contributed by atoms with Gasteiger partial charge in [-0.3, -0.25) is 9.79 Å². The molecule has 0 bridgehead atoms. The monoisotopic (exact) mass is 541 g/mol. The van der Waals surface area contributed by atoms with Gasteiger partial charge in [0, 0.05) is 51.8 Å². The van der Waals surface area contributed by atoms with Gasteiger partial charge in [-0.25, -0.2) is 0 Å². The van der Waals surface area contributed by atoms with E-state index in [2.05, 4.69) is 38.1 Å². The number of carbonyl (C=O) groups is 1. The molecule has 0 aliphatic carbocycles. The van der Waals surface area contributed by atoms with E-state index in [9.17, 15) is 4.79 Å². The lowest BCUT2D eigenvalue weighted by atomic mass is 10.1. The summed E-state index contributed by atoms with van der Waals surface area (Å²) in [6.45, 7) is 5.44. The standard InChI is InChI=1S/C21H31N7O2.HI/c1-3-19-27-26-15-28(19)10-9-23-21(22-2)25-13-16-6-4-7-17(12-16)20(29)24-14-18-8-5-11-30-18;/h4,6-7,12,15,18H,3,5,8-11,13-14H2,1-2H3,(H,24,29)(H2,22,23,25);1H. The van der Waals surface area contributed by atoms with Crippen molar-refractivity contribution in [1.29, 1.82) is 0 Å². The first-order valence-electron chi connectivity index (χ1n) is 10.5. The van der Waals surface area contributed by atoms with Crippen LogP contribution in [0.3, 0.4) is 0 Å². The normalized spacial score (nSPS) is 15.9. The van der Waals surface area contributed by atoms with Crippen LogP contribution in [0.1, 0.15) is 41.5 Å². The van der Waals surface area contributed by atoms with E-state index in [1.54, 1.807) is 13.4 Å². The van der Waals surface area contributed by atoms with Crippen LogP contribution in [0.25, 0.3) is 0 Å². The first-order chi connectivity index (χ1) is 14.7. The molecule has 1 unspecified atom stereocenters. The number of hydrogen-bond acceptors (Lipinski definition) is 5. The Labute approximate surface area is 200 Å². The van der Waals surface area contributed by atoms with Crippen LogP contribution in [0.5, 0.6) is 0 Å². The molecule has 2 aromatic rings. The molecule has 1 aromatic heterocycles. The van der Waals surface area contributed by atoms with Crippen molar-refractivity contribution < 1.29 is 9.53 Å². The molecule has 1 fully saturated rings. The van der Waals surface area contributed by atoms with Crippen molar-refractivity contribution in [2.75, 3.05) is 26.7 Å². The number of nitrogens with one attached hydrogen (secondary N) is 3. The zero-order chi connectivity index (χ0) is 21.2. The second-order valence-corrected chi connectivity index (χ2v) is 7.19. The van der Waals surface area contributed by atoms with Gasteiger partial charge in [-0.05, 0) is 30.5 Å². The van der Waals surface area contributed by atoms with Crippen LogP contribution >= 0.6 is 24.0 Å². The number of amides is 1. The number of hydrogen-bond donors (Lipinski definition) is 3. The Hall–Kier alpha value is -2.21. The summed E-state index contributed by atoms with van der Waals surface area (Å²) in [5.41, 5.74) is 1.66. The van der Waals surface area contributed by atoms with Crippen molar-refractivity contribution in [3.63, 3.8) is 0 Å². The van der Waals surface area contributed by atoms with Crippen LogP contribution in [0.2, 0.25) is 0 Å². The third-order valence-corrected chi connectivity index (χ3v) is 5.04. The number of aryl methyl sites for hydroxylation is 1. The summed E-state index contributed by atoms with van der Waals surface area (Å²) in [6, 6.07) is 7.61. The van der Waals surface area contributed by atoms with Gasteiger partial charge in [-0.1, -0.05) is 19.1 Å². The van der Waals surface area contributed by atoms with Crippen molar-refractivity contribution in [2.45, 2.75) is 45.4 Å². The van der Waals surface area contributed by atoms with E-state index in [4.69, 9.17) is 4.74 Å². The highest BCUT2D eigenvalue weighted by Gasteiger charge is 2.16. The smallest absolute Gasteiger partial charge is 0.251 e. The molecule has 1 aromatic carbocycles. The fourth-order valence-electron chi connectivity index (χ4n) is 3.38. The lowest BCUT2D eigenvalue weighted by molar-refractivity contribution is 0.0857. The molecular formula is C21H32IN7O2. The van der Waals surface area contributed by atoms with Crippen LogP contribution < -0.4 is 16.0 Å². The molecular weight excluding hydrogens is 509 g/mol. The SMILES string of the molecule is CCc1nncn1CCNC(=NC)NCc1cccc(C(=O)NCC2CCCO2)c1.I. The minimum absolute atomic E-state index is 0. The minimum Gasteiger partial charge on any atom is -0.376 e. The molecule has 10 heteroatoms. The van der Waals surface area contributed by atoms with Gasteiger partial charge in [-0.15, -0.1) is 34.2 Å². The number of rotatable bonds is 9.